The van der Waals surface area contributed by atoms with Crippen LogP contribution in [0.15, 0.2) is 6.07 Å². The van der Waals surface area contributed by atoms with Gasteiger partial charge in [-0.25, -0.2) is 9.97 Å². The second kappa shape index (κ2) is 5.57. The highest BCUT2D eigenvalue weighted by Gasteiger charge is 2.11. The Morgan fingerprint density at radius 3 is 2.58 bits per heavy atom. The van der Waals surface area contributed by atoms with Crippen LogP contribution in [0.2, 0.25) is 5.02 Å². The quantitative estimate of drug-likeness (QED) is 0.935. The number of hydrogen-bond acceptors (Lipinski definition) is 4. The van der Waals surface area contributed by atoms with Gasteiger partial charge in [-0.2, -0.15) is 5.10 Å². The molecule has 2 aromatic rings. The molecular weight excluding hydrogens is 262 g/mol. The van der Waals surface area contributed by atoms with E-state index < -0.39 is 0 Å². The van der Waals surface area contributed by atoms with Crippen molar-refractivity contribution in [2.75, 3.05) is 11.9 Å². The Bertz CT molecular complexity index is 591. The van der Waals surface area contributed by atoms with Crippen LogP contribution in [0.25, 0.3) is 0 Å². The Morgan fingerprint density at radius 1 is 1.26 bits per heavy atom. The summed E-state index contributed by atoms with van der Waals surface area (Å²) in [5.74, 6) is 1.58. The maximum atomic E-state index is 6.14. The van der Waals surface area contributed by atoms with E-state index >= 15 is 0 Å². The van der Waals surface area contributed by atoms with Crippen molar-refractivity contribution < 1.29 is 0 Å². The van der Waals surface area contributed by atoms with E-state index in [4.69, 9.17) is 11.6 Å². The van der Waals surface area contributed by atoms with E-state index in [9.17, 15) is 0 Å². The Hall–Kier alpha value is -1.62. The third-order valence-corrected chi connectivity index (χ3v) is 3.39. The predicted molar refractivity (Wildman–Crippen MR) is 76.7 cm³/mol. The molecule has 0 spiro atoms. The van der Waals surface area contributed by atoms with Crippen molar-refractivity contribution in [1.82, 2.24) is 19.7 Å². The van der Waals surface area contributed by atoms with Crippen LogP contribution in [0.5, 0.6) is 0 Å². The van der Waals surface area contributed by atoms with Crippen LogP contribution in [0, 0.1) is 20.8 Å². The van der Waals surface area contributed by atoms with Gasteiger partial charge in [0.2, 0.25) is 0 Å². The summed E-state index contributed by atoms with van der Waals surface area (Å²) < 4.78 is 1.84. The van der Waals surface area contributed by atoms with Crippen molar-refractivity contribution in [3.05, 3.63) is 34.0 Å². The van der Waals surface area contributed by atoms with Crippen molar-refractivity contribution in [3.8, 4) is 0 Å². The fourth-order valence-electron chi connectivity index (χ4n) is 1.94. The first-order chi connectivity index (χ1) is 9.01. The van der Waals surface area contributed by atoms with Gasteiger partial charge in [0.1, 0.15) is 12.4 Å². The number of nitrogens with one attached hydrogen (secondary N) is 1. The average Bonchev–Trinajstić information content (AvgIpc) is 2.57. The summed E-state index contributed by atoms with van der Waals surface area (Å²) >= 11 is 6.14. The van der Waals surface area contributed by atoms with Crippen LogP contribution in [-0.4, -0.2) is 26.3 Å². The van der Waals surface area contributed by atoms with Gasteiger partial charge in [0, 0.05) is 18.3 Å². The summed E-state index contributed by atoms with van der Waals surface area (Å²) in [5.41, 5.74) is 2.71. The van der Waals surface area contributed by atoms with E-state index in [0.29, 0.717) is 11.6 Å². The molecule has 2 rings (SSSR count). The Balaban J connectivity index is 2.29. The van der Waals surface area contributed by atoms with Crippen molar-refractivity contribution in [1.29, 1.82) is 0 Å². The van der Waals surface area contributed by atoms with E-state index in [1.807, 2.05) is 38.4 Å². The minimum atomic E-state index is 0.527. The molecule has 0 saturated carbocycles. The number of rotatable bonds is 4. The predicted octanol–water partition coefficient (Wildman–Crippen LogP) is 2.73. The monoisotopic (exact) mass is 279 g/mol. The summed E-state index contributed by atoms with van der Waals surface area (Å²) in [4.78, 5) is 8.91. The maximum Gasteiger partial charge on any atom is 0.152 e. The Morgan fingerprint density at radius 2 is 2.00 bits per heavy atom. The number of hydrogen-bond donors (Lipinski definition) is 1. The molecule has 0 atom stereocenters. The van der Waals surface area contributed by atoms with Crippen LogP contribution >= 0.6 is 11.6 Å². The normalized spacial score (nSPS) is 10.8. The van der Waals surface area contributed by atoms with E-state index in [-0.39, 0.29) is 0 Å². The zero-order chi connectivity index (χ0) is 14.0. The van der Waals surface area contributed by atoms with Gasteiger partial charge < -0.3 is 5.32 Å². The SMILES string of the molecule is CCNc1cc(C)nc(Cn2nc(C)c(Cl)c2C)n1. The Labute approximate surface area is 118 Å². The number of aryl methyl sites for hydroxylation is 2. The second-order valence-corrected chi connectivity index (χ2v) is 4.86. The maximum absolute atomic E-state index is 6.14. The molecule has 0 amide bonds. The van der Waals surface area contributed by atoms with Gasteiger partial charge in [0.05, 0.1) is 16.4 Å². The van der Waals surface area contributed by atoms with Crippen molar-refractivity contribution >= 4 is 17.4 Å². The molecule has 0 bridgehead atoms. The highest BCUT2D eigenvalue weighted by atomic mass is 35.5. The lowest BCUT2D eigenvalue weighted by atomic mass is 10.4. The highest BCUT2D eigenvalue weighted by Crippen LogP contribution is 2.19. The molecule has 0 aromatic carbocycles. The van der Waals surface area contributed by atoms with Crippen LogP contribution in [0.4, 0.5) is 5.82 Å². The minimum Gasteiger partial charge on any atom is -0.370 e. The molecule has 0 aliphatic carbocycles. The van der Waals surface area contributed by atoms with Crippen LogP contribution in [0.1, 0.15) is 29.8 Å². The largest absolute Gasteiger partial charge is 0.370 e. The van der Waals surface area contributed by atoms with E-state index in [1.54, 1.807) is 0 Å². The zero-order valence-corrected chi connectivity index (χ0v) is 12.4. The standard InChI is InChI=1S/C13H18ClN5/c1-5-15-11-6-8(2)16-12(17-11)7-19-10(4)13(14)9(3)18-19/h6H,5,7H2,1-4H3,(H,15,16,17). The van der Waals surface area contributed by atoms with Crippen molar-refractivity contribution in [2.45, 2.75) is 34.2 Å². The molecule has 1 N–H and O–H groups in total. The first-order valence-corrected chi connectivity index (χ1v) is 6.67. The first kappa shape index (κ1) is 13.8. The van der Waals surface area contributed by atoms with Gasteiger partial charge in [-0.1, -0.05) is 11.6 Å². The van der Waals surface area contributed by atoms with Gasteiger partial charge >= 0.3 is 0 Å². The lowest BCUT2D eigenvalue weighted by Gasteiger charge is -2.08. The fraction of sp³-hybridized carbons (Fsp3) is 0.462. The lowest BCUT2D eigenvalue weighted by molar-refractivity contribution is 0.630. The number of nitrogens with zero attached hydrogens (tertiary/aromatic N) is 4. The minimum absolute atomic E-state index is 0.527. The van der Waals surface area contributed by atoms with E-state index in [1.165, 1.54) is 0 Å². The van der Waals surface area contributed by atoms with E-state index in [2.05, 4.69) is 20.4 Å². The Kier molecular flexibility index (Phi) is 4.04. The van der Waals surface area contributed by atoms with Gasteiger partial charge in [-0.05, 0) is 27.7 Å². The zero-order valence-electron chi connectivity index (χ0n) is 11.7. The summed E-state index contributed by atoms with van der Waals surface area (Å²) in [6.07, 6.45) is 0. The van der Waals surface area contributed by atoms with Crippen LogP contribution in [0.3, 0.4) is 0 Å². The molecule has 2 heterocycles. The summed E-state index contributed by atoms with van der Waals surface area (Å²) in [7, 11) is 0. The lowest BCUT2D eigenvalue weighted by Crippen LogP contribution is -2.10. The summed E-state index contributed by atoms with van der Waals surface area (Å²) in [5, 5.41) is 8.30. The molecule has 0 radical (unpaired) electrons. The smallest absolute Gasteiger partial charge is 0.152 e. The number of anilines is 1. The third kappa shape index (κ3) is 3.04. The average molecular weight is 280 g/mol. The van der Waals surface area contributed by atoms with Gasteiger partial charge in [0.25, 0.3) is 0 Å². The van der Waals surface area contributed by atoms with Crippen molar-refractivity contribution in [2.24, 2.45) is 0 Å². The molecule has 0 aliphatic heterocycles. The molecule has 102 valence electrons. The van der Waals surface area contributed by atoms with Gasteiger partial charge in [-0.15, -0.1) is 0 Å². The molecule has 0 aliphatic rings. The first-order valence-electron chi connectivity index (χ1n) is 6.29. The third-order valence-electron chi connectivity index (χ3n) is 2.84. The molecule has 2 aromatic heterocycles. The number of aromatic nitrogens is 4. The molecule has 6 heteroatoms. The molecule has 5 nitrogen and oxygen atoms in total. The van der Waals surface area contributed by atoms with E-state index in [0.717, 1.165) is 35.3 Å². The molecule has 0 saturated heterocycles. The molecule has 0 fully saturated rings. The van der Waals surface area contributed by atoms with Gasteiger partial charge in [-0.3, -0.25) is 4.68 Å². The summed E-state index contributed by atoms with van der Waals surface area (Å²) in [6.45, 7) is 9.20. The number of halogens is 1. The molecule has 19 heavy (non-hydrogen) atoms. The van der Waals surface area contributed by atoms with Crippen LogP contribution in [-0.2, 0) is 6.54 Å². The van der Waals surface area contributed by atoms with Gasteiger partial charge in [0.15, 0.2) is 5.82 Å². The van der Waals surface area contributed by atoms with Crippen molar-refractivity contribution in [3.63, 3.8) is 0 Å². The fourth-order valence-corrected chi connectivity index (χ4v) is 2.07. The second-order valence-electron chi connectivity index (χ2n) is 4.48. The topological polar surface area (TPSA) is 55.6 Å². The molecular formula is C13H18ClN5. The van der Waals surface area contributed by atoms with Crippen LogP contribution < -0.4 is 5.32 Å². The highest BCUT2D eigenvalue weighted by molar-refractivity contribution is 6.31. The summed E-state index contributed by atoms with van der Waals surface area (Å²) in [6, 6.07) is 1.93. The molecule has 0 unspecified atom stereocenters.